The number of rotatable bonds is 5. The average Bonchev–Trinajstić information content (AvgIpc) is 3.02. The molecule has 1 aromatic carbocycles. The standard InChI is InChI=1S/C16H19ClN4O2/c1-23-15-3-2-12(17)8-14(15)18-6-4-16(22)21-7-5-13-11(10-21)9-19-20-13/h2-3,8-9,18H,4-7,10H2,1H3,(H,19,20). The Kier molecular flexibility index (Phi) is 4.71. The zero-order valence-corrected chi connectivity index (χ0v) is 13.7. The summed E-state index contributed by atoms with van der Waals surface area (Å²) in [5.41, 5.74) is 3.04. The Bertz CT molecular complexity index is 701. The molecule has 0 saturated carbocycles. The molecule has 0 aliphatic carbocycles. The minimum atomic E-state index is 0.130. The molecule has 1 amide bonds. The van der Waals surface area contributed by atoms with Crippen LogP contribution in [0.5, 0.6) is 5.75 Å². The van der Waals surface area contributed by atoms with E-state index in [0.717, 1.165) is 29.9 Å². The first-order valence-corrected chi connectivity index (χ1v) is 7.91. The van der Waals surface area contributed by atoms with Crippen molar-refractivity contribution in [2.45, 2.75) is 19.4 Å². The number of nitrogens with zero attached hydrogens (tertiary/aromatic N) is 2. The summed E-state index contributed by atoms with van der Waals surface area (Å²) < 4.78 is 5.28. The average molecular weight is 335 g/mol. The lowest BCUT2D eigenvalue weighted by Gasteiger charge is -2.26. The van der Waals surface area contributed by atoms with E-state index < -0.39 is 0 Å². The van der Waals surface area contributed by atoms with Crippen molar-refractivity contribution in [2.75, 3.05) is 25.5 Å². The molecular weight excluding hydrogens is 316 g/mol. The number of halogens is 1. The van der Waals surface area contributed by atoms with E-state index in [-0.39, 0.29) is 5.91 Å². The van der Waals surface area contributed by atoms with Gasteiger partial charge in [0.05, 0.1) is 19.0 Å². The molecule has 6 nitrogen and oxygen atoms in total. The number of hydrogen-bond acceptors (Lipinski definition) is 4. The van der Waals surface area contributed by atoms with Crippen LogP contribution in [0.25, 0.3) is 0 Å². The summed E-state index contributed by atoms with van der Waals surface area (Å²) in [6.45, 7) is 1.89. The maximum Gasteiger partial charge on any atom is 0.224 e. The molecule has 122 valence electrons. The first-order valence-electron chi connectivity index (χ1n) is 7.53. The SMILES string of the molecule is COc1ccc(Cl)cc1NCCC(=O)N1CCc2[nH]ncc2C1. The molecule has 7 heteroatoms. The Morgan fingerprint density at radius 1 is 1.52 bits per heavy atom. The number of methoxy groups -OCH3 is 1. The number of aromatic nitrogens is 2. The highest BCUT2D eigenvalue weighted by Crippen LogP contribution is 2.27. The van der Waals surface area contributed by atoms with Crippen LogP contribution in [0, 0.1) is 0 Å². The van der Waals surface area contributed by atoms with Gasteiger partial charge in [-0.2, -0.15) is 5.10 Å². The maximum absolute atomic E-state index is 12.3. The van der Waals surface area contributed by atoms with Crippen LogP contribution in [0.3, 0.4) is 0 Å². The molecule has 2 N–H and O–H groups in total. The van der Waals surface area contributed by atoms with E-state index in [2.05, 4.69) is 15.5 Å². The van der Waals surface area contributed by atoms with Gasteiger partial charge in [-0.25, -0.2) is 0 Å². The van der Waals surface area contributed by atoms with Crippen LogP contribution in [0.2, 0.25) is 5.02 Å². The van der Waals surface area contributed by atoms with E-state index in [4.69, 9.17) is 16.3 Å². The van der Waals surface area contributed by atoms with Crippen LogP contribution in [-0.4, -0.2) is 41.2 Å². The molecule has 0 atom stereocenters. The molecule has 0 saturated heterocycles. The quantitative estimate of drug-likeness (QED) is 0.881. The first-order chi connectivity index (χ1) is 11.2. The van der Waals surface area contributed by atoms with E-state index in [1.54, 1.807) is 31.5 Å². The second-order valence-corrected chi connectivity index (χ2v) is 5.90. The van der Waals surface area contributed by atoms with Gasteiger partial charge in [0, 0.05) is 48.8 Å². The van der Waals surface area contributed by atoms with Crippen molar-refractivity contribution in [3.63, 3.8) is 0 Å². The number of amides is 1. The zero-order valence-electron chi connectivity index (χ0n) is 12.9. The first kappa shape index (κ1) is 15.7. The Morgan fingerprint density at radius 3 is 3.22 bits per heavy atom. The van der Waals surface area contributed by atoms with Crippen molar-refractivity contribution in [3.05, 3.63) is 40.7 Å². The van der Waals surface area contributed by atoms with Crippen LogP contribution in [0.1, 0.15) is 17.7 Å². The minimum absolute atomic E-state index is 0.130. The lowest BCUT2D eigenvalue weighted by Crippen LogP contribution is -2.36. The van der Waals surface area contributed by atoms with Gasteiger partial charge in [0.15, 0.2) is 0 Å². The number of H-pyrrole nitrogens is 1. The lowest BCUT2D eigenvalue weighted by atomic mass is 10.1. The van der Waals surface area contributed by atoms with Gasteiger partial charge in [-0.15, -0.1) is 0 Å². The Hall–Kier alpha value is -2.21. The summed E-state index contributed by atoms with van der Waals surface area (Å²) in [6.07, 6.45) is 3.04. The number of hydrogen-bond donors (Lipinski definition) is 2. The lowest BCUT2D eigenvalue weighted by molar-refractivity contribution is -0.131. The summed E-state index contributed by atoms with van der Waals surface area (Å²) in [5, 5.41) is 10.8. The molecule has 0 bridgehead atoms. The van der Waals surface area contributed by atoms with Gasteiger partial charge in [-0.05, 0) is 18.2 Å². The fourth-order valence-corrected chi connectivity index (χ4v) is 2.89. The number of aromatic amines is 1. The van der Waals surface area contributed by atoms with Crippen molar-refractivity contribution in [2.24, 2.45) is 0 Å². The number of anilines is 1. The molecule has 1 aliphatic heterocycles. The molecule has 23 heavy (non-hydrogen) atoms. The summed E-state index contributed by atoms with van der Waals surface area (Å²) >= 11 is 5.99. The Balaban J connectivity index is 1.53. The molecule has 2 heterocycles. The van der Waals surface area contributed by atoms with E-state index in [9.17, 15) is 4.79 Å². The van der Waals surface area contributed by atoms with Crippen LogP contribution in [0.15, 0.2) is 24.4 Å². The van der Waals surface area contributed by atoms with Crippen molar-refractivity contribution >= 4 is 23.2 Å². The van der Waals surface area contributed by atoms with Crippen molar-refractivity contribution in [1.29, 1.82) is 0 Å². The summed E-state index contributed by atoms with van der Waals surface area (Å²) in [7, 11) is 1.61. The minimum Gasteiger partial charge on any atom is -0.495 e. The largest absolute Gasteiger partial charge is 0.495 e. The predicted molar refractivity (Wildman–Crippen MR) is 88.8 cm³/mol. The van der Waals surface area contributed by atoms with Crippen molar-refractivity contribution in [1.82, 2.24) is 15.1 Å². The fourth-order valence-electron chi connectivity index (χ4n) is 2.72. The van der Waals surface area contributed by atoms with Gasteiger partial charge in [0.1, 0.15) is 5.75 Å². The third kappa shape index (κ3) is 3.59. The molecule has 0 spiro atoms. The molecule has 3 rings (SSSR count). The normalized spacial score (nSPS) is 13.6. The zero-order chi connectivity index (χ0) is 16.2. The third-order valence-electron chi connectivity index (χ3n) is 3.97. The summed E-state index contributed by atoms with van der Waals surface area (Å²) in [6, 6.07) is 5.37. The highest BCUT2D eigenvalue weighted by Gasteiger charge is 2.21. The molecule has 1 aromatic heterocycles. The monoisotopic (exact) mass is 334 g/mol. The summed E-state index contributed by atoms with van der Waals surface area (Å²) in [5.74, 6) is 0.841. The third-order valence-corrected chi connectivity index (χ3v) is 4.20. The second kappa shape index (κ2) is 6.91. The fraction of sp³-hybridized carbons (Fsp3) is 0.375. The van der Waals surface area contributed by atoms with Gasteiger partial charge in [-0.1, -0.05) is 11.6 Å². The molecule has 0 fully saturated rings. The molecule has 1 aliphatic rings. The topological polar surface area (TPSA) is 70.2 Å². The van der Waals surface area contributed by atoms with Crippen molar-refractivity contribution in [3.8, 4) is 5.75 Å². The van der Waals surface area contributed by atoms with Gasteiger partial charge in [0.25, 0.3) is 0 Å². The van der Waals surface area contributed by atoms with Crippen molar-refractivity contribution < 1.29 is 9.53 Å². The molecule has 0 radical (unpaired) electrons. The van der Waals surface area contributed by atoms with Crippen LogP contribution in [-0.2, 0) is 17.8 Å². The number of carbonyl (C=O) groups is 1. The van der Waals surface area contributed by atoms with Gasteiger partial charge in [-0.3, -0.25) is 9.89 Å². The van der Waals surface area contributed by atoms with E-state index in [0.29, 0.717) is 30.3 Å². The number of benzene rings is 1. The van der Waals surface area contributed by atoms with Gasteiger partial charge < -0.3 is 15.0 Å². The smallest absolute Gasteiger partial charge is 0.224 e. The van der Waals surface area contributed by atoms with E-state index >= 15 is 0 Å². The van der Waals surface area contributed by atoms with Gasteiger partial charge in [0.2, 0.25) is 5.91 Å². The molecular formula is C16H19ClN4O2. The van der Waals surface area contributed by atoms with E-state index in [1.807, 2.05) is 4.90 Å². The van der Waals surface area contributed by atoms with E-state index in [1.165, 1.54) is 0 Å². The molecule has 2 aromatic rings. The van der Waals surface area contributed by atoms with Crippen LogP contribution in [0.4, 0.5) is 5.69 Å². The molecule has 0 unspecified atom stereocenters. The second-order valence-electron chi connectivity index (χ2n) is 5.46. The highest BCUT2D eigenvalue weighted by atomic mass is 35.5. The Labute approximate surface area is 139 Å². The summed E-state index contributed by atoms with van der Waals surface area (Å²) in [4.78, 5) is 14.2. The van der Waals surface area contributed by atoms with Gasteiger partial charge >= 0.3 is 0 Å². The van der Waals surface area contributed by atoms with Crippen LogP contribution < -0.4 is 10.1 Å². The Morgan fingerprint density at radius 2 is 2.39 bits per heavy atom. The predicted octanol–water partition coefficient (Wildman–Crippen LogP) is 2.46. The number of ether oxygens (including phenoxy) is 1. The number of carbonyl (C=O) groups excluding carboxylic acids is 1. The highest BCUT2D eigenvalue weighted by molar-refractivity contribution is 6.30. The van der Waals surface area contributed by atoms with Crippen LogP contribution >= 0.6 is 11.6 Å². The number of nitrogens with one attached hydrogen (secondary N) is 2. The number of fused-ring (bicyclic) bond motifs is 1. The maximum atomic E-state index is 12.3.